The molecule has 2 atom stereocenters. The number of aliphatic hydroxyl groups excluding tert-OH is 1. The summed E-state index contributed by atoms with van der Waals surface area (Å²) in [5, 5.41) is 9.80. The van der Waals surface area contributed by atoms with Crippen molar-refractivity contribution in [2.75, 3.05) is 12.0 Å². The number of methoxy groups -OCH3 is 1. The molecule has 0 saturated carbocycles. The van der Waals surface area contributed by atoms with Gasteiger partial charge in [0.1, 0.15) is 0 Å². The smallest absolute Gasteiger partial charge is 0.171 e. The number of aliphatic hydroxyl groups is 1. The van der Waals surface area contributed by atoms with E-state index in [-0.39, 0.29) is 6.10 Å². The van der Waals surface area contributed by atoms with Crippen LogP contribution in [0.3, 0.4) is 0 Å². The molecule has 3 rings (SSSR count). The molecule has 17 heavy (non-hydrogen) atoms. The van der Waals surface area contributed by atoms with Gasteiger partial charge in [-0.25, -0.2) is 4.98 Å². The lowest BCUT2D eigenvalue weighted by Gasteiger charge is -2.38. The van der Waals surface area contributed by atoms with Crippen LogP contribution in [0.1, 0.15) is 25.7 Å². The van der Waals surface area contributed by atoms with Gasteiger partial charge in [0, 0.05) is 18.3 Å². The first-order valence-corrected chi connectivity index (χ1v) is 6.25. The summed E-state index contributed by atoms with van der Waals surface area (Å²) >= 11 is 0. The highest BCUT2D eigenvalue weighted by Gasteiger charge is 2.41. The molecule has 0 amide bonds. The maximum Gasteiger partial charge on any atom is 0.171 e. The molecule has 2 saturated heterocycles. The first kappa shape index (κ1) is 10.8. The van der Waals surface area contributed by atoms with Crippen LogP contribution in [0.25, 0.3) is 0 Å². The van der Waals surface area contributed by atoms with E-state index in [2.05, 4.69) is 9.88 Å². The normalized spacial score (nSPS) is 31.6. The highest BCUT2D eigenvalue weighted by molar-refractivity contribution is 5.55. The SMILES string of the molecule is COc1cccnc1N1C2CCC1CC(O)C2. The van der Waals surface area contributed by atoms with Crippen LogP contribution < -0.4 is 9.64 Å². The number of pyridine rings is 1. The highest BCUT2D eigenvalue weighted by Crippen LogP contribution is 2.41. The molecular formula is C13H18N2O2. The Hall–Kier alpha value is -1.29. The first-order valence-electron chi connectivity index (χ1n) is 6.25. The summed E-state index contributed by atoms with van der Waals surface area (Å²) in [7, 11) is 1.68. The van der Waals surface area contributed by atoms with Crippen molar-refractivity contribution in [3.05, 3.63) is 18.3 Å². The molecule has 1 N–H and O–H groups in total. The molecule has 2 aliphatic rings. The van der Waals surface area contributed by atoms with Gasteiger partial charge in [0.05, 0.1) is 13.2 Å². The van der Waals surface area contributed by atoms with Crippen molar-refractivity contribution in [1.82, 2.24) is 4.98 Å². The molecule has 2 fully saturated rings. The second kappa shape index (κ2) is 4.18. The predicted molar refractivity (Wildman–Crippen MR) is 65.3 cm³/mol. The Kier molecular flexibility index (Phi) is 2.67. The maximum atomic E-state index is 9.80. The third kappa shape index (κ3) is 1.76. The van der Waals surface area contributed by atoms with E-state index in [4.69, 9.17) is 4.74 Å². The number of hydrogen-bond acceptors (Lipinski definition) is 4. The Morgan fingerprint density at radius 1 is 1.35 bits per heavy atom. The van der Waals surface area contributed by atoms with Crippen molar-refractivity contribution >= 4 is 5.82 Å². The number of piperidine rings is 1. The fourth-order valence-corrected chi connectivity index (χ4v) is 3.23. The van der Waals surface area contributed by atoms with Gasteiger partial charge in [-0.1, -0.05) is 0 Å². The molecule has 0 spiro atoms. The predicted octanol–water partition coefficient (Wildman–Crippen LogP) is 1.58. The zero-order chi connectivity index (χ0) is 11.8. The summed E-state index contributed by atoms with van der Waals surface area (Å²) in [4.78, 5) is 6.81. The third-order valence-corrected chi connectivity index (χ3v) is 3.92. The van der Waals surface area contributed by atoms with Crippen LogP contribution in [0.5, 0.6) is 5.75 Å². The fraction of sp³-hybridized carbons (Fsp3) is 0.615. The number of anilines is 1. The highest BCUT2D eigenvalue weighted by atomic mass is 16.5. The molecule has 3 heterocycles. The molecule has 92 valence electrons. The number of rotatable bonds is 2. The minimum atomic E-state index is -0.140. The molecule has 1 aromatic rings. The monoisotopic (exact) mass is 234 g/mol. The molecule has 4 nitrogen and oxygen atoms in total. The molecule has 0 radical (unpaired) electrons. The molecular weight excluding hydrogens is 216 g/mol. The van der Waals surface area contributed by atoms with Crippen molar-refractivity contribution in [1.29, 1.82) is 0 Å². The van der Waals surface area contributed by atoms with Gasteiger partial charge in [0.25, 0.3) is 0 Å². The topological polar surface area (TPSA) is 45.6 Å². The molecule has 2 unspecified atom stereocenters. The maximum absolute atomic E-state index is 9.80. The Balaban J connectivity index is 1.94. The Labute approximate surface area is 101 Å². The lowest BCUT2D eigenvalue weighted by molar-refractivity contribution is 0.125. The Bertz CT molecular complexity index is 396. The second-order valence-electron chi connectivity index (χ2n) is 4.95. The minimum Gasteiger partial charge on any atom is -0.493 e. The van der Waals surface area contributed by atoms with Gasteiger partial charge < -0.3 is 14.7 Å². The van der Waals surface area contributed by atoms with E-state index >= 15 is 0 Å². The van der Waals surface area contributed by atoms with Gasteiger partial charge in [-0.05, 0) is 37.8 Å². The van der Waals surface area contributed by atoms with Gasteiger partial charge in [0.15, 0.2) is 11.6 Å². The number of hydrogen-bond donors (Lipinski definition) is 1. The van der Waals surface area contributed by atoms with Crippen molar-refractivity contribution in [2.45, 2.75) is 43.9 Å². The van der Waals surface area contributed by atoms with Crippen LogP contribution in [-0.2, 0) is 0 Å². The quantitative estimate of drug-likeness (QED) is 0.844. The molecule has 1 aromatic heterocycles. The number of nitrogens with zero attached hydrogens (tertiary/aromatic N) is 2. The van der Waals surface area contributed by atoms with E-state index in [9.17, 15) is 5.11 Å². The molecule has 0 aliphatic carbocycles. The first-order chi connectivity index (χ1) is 8.29. The van der Waals surface area contributed by atoms with E-state index in [0.29, 0.717) is 12.1 Å². The van der Waals surface area contributed by atoms with Crippen LogP contribution in [0.15, 0.2) is 18.3 Å². The molecule has 4 heteroatoms. The second-order valence-corrected chi connectivity index (χ2v) is 4.95. The van der Waals surface area contributed by atoms with Gasteiger partial charge in [-0.15, -0.1) is 0 Å². The summed E-state index contributed by atoms with van der Waals surface area (Å²) < 4.78 is 5.38. The van der Waals surface area contributed by atoms with Crippen molar-refractivity contribution in [3.63, 3.8) is 0 Å². The van der Waals surface area contributed by atoms with E-state index in [0.717, 1.165) is 37.3 Å². The van der Waals surface area contributed by atoms with Gasteiger partial charge in [-0.2, -0.15) is 0 Å². The summed E-state index contributed by atoms with van der Waals surface area (Å²) in [5.41, 5.74) is 0. The largest absolute Gasteiger partial charge is 0.493 e. The number of ether oxygens (including phenoxy) is 1. The lowest BCUT2D eigenvalue weighted by Crippen LogP contribution is -2.45. The average molecular weight is 234 g/mol. The standard InChI is InChI=1S/C13H18N2O2/c1-17-12-3-2-6-14-13(12)15-9-4-5-10(15)8-11(16)7-9/h2-3,6,9-11,16H,4-5,7-8H2,1H3. The van der Waals surface area contributed by atoms with Crippen molar-refractivity contribution in [3.8, 4) is 5.75 Å². The lowest BCUT2D eigenvalue weighted by atomic mass is 10.00. The molecule has 2 aliphatic heterocycles. The van der Waals surface area contributed by atoms with Crippen LogP contribution in [0.2, 0.25) is 0 Å². The average Bonchev–Trinajstić information content (AvgIpc) is 2.61. The summed E-state index contributed by atoms with van der Waals surface area (Å²) in [5.74, 6) is 1.77. The van der Waals surface area contributed by atoms with E-state index in [1.165, 1.54) is 0 Å². The minimum absolute atomic E-state index is 0.140. The number of fused-ring (bicyclic) bond motifs is 2. The van der Waals surface area contributed by atoms with Crippen LogP contribution in [0, 0.1) is 0 Å². The van der Waals surface area contributed by atoms with Gasteiger partial charge >= 0.3 is 0 Å². The Morgan fingerprint density at radius 2 is 2.06 bits per heavy atom. The fourth-order valence-electron chi connectivity index (χ4n) is 3.23. The van der Waals surface area contributed by atoms with Crippen LogP contribution in [-0.4, -0.2) is 35.4 Å². The van der Waals surface area contributed by atoms with E-state index < -0.39 is 0 Å². The molecule has 2 bridgehead atoms. The van der Waals surface area contributed by atoms with E-state index in [1.54, 1.807) is 7.11 Å². The zero-order valence-electron chi connectivity index (χ0n) is 10.0. The van der Waals surface area contributed by atoms with Crippen molar-refractivity contribution in [2.24, 2.45) is 0 Å². The third-order valence-electron chi connectivity index (χ3n) is 3.92. The summed E-state index contributed by atoms with van der Waals surface area (Å²) in [6.45, 7) is 0. The van der Waals surface area contributed by atoms with Gasteiger partial charge in [0.2, 0.25) is 0 Å². The summed E-state index contributed by atoms with van der Waals surface area (Å²) in [6, 6.07) is 4.69. The number of aromatic nitrogens is 1. The van der Waals surface area contributed by atoms with E-state index in [1.807, 2.05) is 18.3 Å². The van der Waals surface area contributed by atoms with Gasteiger partial charge in [-0.3, -0.25) is 0 Å². The van der Waals surface area contributed by atoms with Crippen LogP contribution in [0.4, 0.5) is 5.82 Å². The molecule has 0 aromatic carbocycles. The Morgan fingerprint density at radius 3 is 2.71 bits per heavy atom. The van der Waals surface area contributed by atoms with Crippen LogP contribution >= 0.6 is 0 Å². The zero-order valence-corrected chi connectivity index (χ0v) is 10.0. The van der Waals surface area contributed by atoms with Crippen molar-refractivity contribution < 1.29 is 9.84 Å². The summed E-state index contributed by atoms with van der Waals surface area (Å²) in [6.07, 6.45) is 5.69.